The maximum absolute atomic E-state index is 6.10. The Morgan fingerprint density at radius 2 is 1.43 bits per heavy atom. The predicted molar refractivity (Wildman–Crippen MR) is 155 cm³/mol. The van der Waals surface area contributed by atoms with Crippen LogP contribution in [0.4, 0.5) is 17.1 Å². The molecule has 180 valence electrons. The van der Waals surface area contributed by atoms with Crippen LogP contribution in [0.25, 0.3) is 23.1 Å². The highest BCUT2D eigenvalue weighted by Crippen LogP contribution is 2.36. The number of fused-ring (bicyclic) bond motifs is 3. The summed E-state index contributed by atoms with van der Waals surface area (Å²) in [6, 6.07) is 34.8. The minimum absolute atomic E-state index is 0.744. The summed E-state index contributed by atoms with van der Waals surface area (Å²) >= 11 is 0. The molecule has 0 saturated heterocycles. The van der Waals surface area contributed by atoms with E-state index < -0.39 is 0 Å². The first-order valence-electron chi connectivity index (χ1n) is 12.2. The van der Waals surface area contributed by atoms with Gasteiger partial charge in [-0.25, -0.2) is 5.01 Å². The Hall–Kier alpha value is -4.90. The monoisotopic (exact) mass is 482 g/mol. The second-order valence-corrected chi connectivity index (χ2v) is 8.96. The fourth-order valence-corrected chi connectivity index (χ4v) is 4.50. The molecule has 0 saturated carbocycles. The third-order valence-corrected chi connectivity index (χ3v) is 6.42. The highest BCUT2D eigenvalue weighted by Gasteiger charge is 2.16. The minimum atomic E-state index is 0.744. The lowest BCUT2D eigenvalue weighted by molar-refractivity contribution is 0.603. The van der Waals surface area contributed by atoms with Gasteiger partial charge in [-0.2, -0.15) is 10.2 Å². The van der Waals surface area contributed by atoms with Crippen LogP contribution in [-0.2, 0) is 0 Å². The van der Waals surface area contributed by atoms with Crippen LogP contribution in [0.15, 0.2) is 118 Å². The number of rotatable bonds is 5. The predicted octanol–water partition coefficient (Wildman–Crippen LogP) is 7.95. The highest BCUT2D eigenvalue weighted by atomic mass is 16.3. The standard InChI is InChI=1S/C32H26N4O/c1-23(34-35(2)28-12-4-3-5-13-28)32-21-27-20-24(16-19-31(27)37-32)22-33-36-29-14-8-6-10-25(29)17-18-26-11-7-9-15-30(26)36/h3-22H,1-2H3/b33-22+,34-23+. The molecule has 2 heterocycles. The van der Waals surface area contributed by atoms with E-state index in [9.17, 15) is 0 Å². The second kappa shape index (κ2) is 9.63. The summed E-state index contributed by atoms with van der Waals surface area (Å²) in [5.41, 5.74) is 7.97. The largest absolute Gasteiger partial charge is 0.455 e. The lowest BCUT2D eigenvalue weighted by atomic mass is 10.1. The smallest absolute Gasteiger partial charge is 0.151 e. The van der Waals surface area contributed by atoms with Crippen molar-refractivity contribution in [2.45, 2.75) is 6.92 Å². The molecule has 4 aromatic carbocycles. The van der Waals surface area contributed by atoms with Crippen molar-refractivity contribution in [3.63, 3.8) is 0 Å². The maximum Gasteiger partial charge on any atom is 0.151 e. The Morgan fingerprint density at radius 1 is 0.784 bits per heavy atom. The average Bonchev–Trinajstić information content (AvgIpc) is 3.30. The Balaban J connectivity index is 1.30. The van der Waals surface area contributed by atoms with Gasteiger partial charge in [0.05, 0.1) is 23.3 Å². The maximum atomic E-state index is 6.10. The fraction of sp³-hybridized carbons (Fsp3) is 0.0625. The number of furan rings is 1. The molecule has 5 heteroatoms. The van der Waals surface area contributed by atoms with Crippen LogP contribution in [-0.4, -0.2) is 19.0 Å². The Labute approximate surface area is 216 Å². The molecule has 0 radical (unpaired) electrons. The minimum Gasteiger partial charge on any atom is -0.455 e. The average molecular weight is 483 g/mol. The number of nitrogens with zero attached hydrogens (tertiary/aromatic N) is 4. The zero-order valence-electron chi connectivity index (χ0n) is 20.7. The molecule has 0 aliphatic carbocycles. The van der Waals surface area contributed by atoms with Gasteiger partial charge in [-0.05, 0) is 61.0 Å². The van der Waals surface area contributed by atoms with Crippen molar-refractivity contribution in [2.24, 2.45) is 10.2 Å². The van der Waals surface area contributed by atoms with Gasteiger partial charge in [0.15, 0.2) is 5.76 Å². The van der Waals surface area contributed by atoms with Crippen LogP contribution in [0.2, 0.25) is 0 Å². The molecule has 1 aromatic heterocycles. The second-order valence-electron chi connectivity index (χ2n) is 8.96. The molecule has 0 bridgehead atoms. The van der Waals surface area contributed by atoms with Gasteiger partial charge in [-0.3, -0.25) is 5.01 Å². The molecule has 0 atom stereocenters. The molecular formula is C32H26N4O. The summed E-state index contributed by atoms with van der Waals surface area (Å²) in [5, 5.41) is 14.5. The third-order valence-electron chi connectivity index (χ3n) is 6.42. The van der Waals surface area contributed by atoms with Crippen molar-refractivity contribution in [2.75, 3.05) is 17.1 Å². The molecule has 6 rings (SSSR count). The van der Waals surface area contributed by atoms with Gasteiger partial charge in [0.25, 0.3) is 0 Å². The fourth-order valence-electron chi connectivity index (χ4n) is 4.50. The highest BCUT2D eigenvalue weighted by molar-refractivity contribution is 6.01. The van der Waals surface area contributed by atoms with E-state index in [0.29, 0.717) is 0 Å². The van der Waals surface area contributed by atoms with E-state index in [2.05, 4.69) is 42.5 Å². The summed E-state index contributed by atoms with van der Waals surface area (Å²) in [6.45, 7) is 1.96. The van der Waals surface area contributed by atoms with Gasteiger partial charge >= 0.3 is 0 Å². The molecule has 37 heavy (non-hydrogen) atoms. The van der Waals surface area contributed by atoms with Crippen LogP contribution in [0, 0.1) is 0 Å². The van der Waals surface area contributed by atoms with Gasteiger partial charge in [0, 0.05) is 23.6 Å². The third kappa shape index (κ3) is 4.55. The zero-order valence-corrected chi connectivity index (χ0v) is 20.7. The van der Waals surface area contributed by atoms with Crippen LogP contribution >= 0.6 is 0 Å². The van der Waals surface area contributed by atoms with Crippen LogP contribution in [0.5, 0.6) is 0 Å². The number of para-hydroxylation sites is 3. The molecule has 0 unspecified atom stereocenters. The first kappa shape index (κ1) is 22.6. The van der Waals surface area contributed by atoms with Gasteiger partial charge in [-0.15, -0.1) is 0 Å². The number of benzene rings is 4. The van der Waals surface area contributed by atoms with Crippen molar-refractivity contribution in [3.05, 3.63) is 126 Å². The topological polar surface area (TPSA) is 44.3 Å². The SMILES string of the molecule is C/C(=N\N(C)c1ccccc1)c1cc2cc(/C=N/N3c4ccccc4C=Cc4ccccc43)ccc2o1. The molecular weight excluding hydrogens is 456 g/mol. The molecule has 0 N–H and O–H groups in total. The Kier molecular flexibility index (Phi) is 5.87. The molecule has 1 aliphatic heterocycles. The summed E-state index contributed by atoms with van der Waals surface area (Å²) < 4.78 is 6.10. The van der Waals surface area contributed by atoms with Crippen LogP contribution in [0.1, 0.15) is 29.4 Å². The molecule has 0 spiro atoms. The Morgan fingerprint density at radius 3 is 2.14 bits per heavy atom. The molecule has 1 aliphatic rings. The van der Waals surface area contributed by atoms with Crippen molar-refractivity contribution < 1.29 is 4.42 Å². The van der Waals surface area contributed by atoms with E-state index in [0.717, 1.165) is 56.2 Å². The van der Waals surface area contributed by atoms with Gasteiger partial charge in [0.2, 0.25) is 0 Å². The van der Waals surface area contributed by atoms with Crippen molar-refractivity contribution in [1.29, 1.82) is 0 Å². The van der Waals surface area contributed by atoms with Crippen molar-refractivity contribution in [3.8, 4) is 0 Å². The summed E-state index contributed by atoms with van der Waals surface area (Å²) in [7, 11) is 1.94. The summed E-state index contributed by atoms with van der Waals surface area (Å²) in [6.07, 6.45) is 6.18. The molecule has 5 aromatic rings. The first-order valence-corrected chi connectivity index (χ1v) is 12.2. The van der Waals surface area contributed by atoms with Crippen molar-refractivity contribution in [1.82, 2.24) is 0 Å². The van der Waals surface area contributed by atoms with Crippen LogP contribution in [0.3, 0.4) is 0 Å². The Bertz CT molecular complexity index is 1610. The number of hydrazone groups is 2. The van der Waals surface area contributed by atoms with E-state index in [-0.39, 0.29) is 0 Å². The summed E-state index contributed by atoms with van der Waals surface area (Å²) in [5.74, 6) is 0.744. The molecule has 0 amide bonds. The lowest BCUT2D eigenvalue weighted by Crippen LogP contribution is -2.11. The van der Waals surface area contributed by atoms with E-state index in [1.165, 1.54) is 0 Å². The lowest BCUT2D eigenvalue weighted by Gasteiger charge is -2.21. The molecule has 0 fully saturated rings. The number of hydrogen-bond donors (Lipinski definition) is 0. The quantitative estimate of drug-likeness (QED) is 0.189. The van der Waals surface area contributed by atoms with E-state index in [1.54, 1.807) is 0 Å². The number of anilines is 3. The van der Waals surface area contributed by atoms with E-state index in [4.69, 9.17) is 14.6 Å². The zero-order chi connectivity index (χ0) is 25.2. The van der Waals surface area contributed by atoms with E-state index >= 15 is 0 Å². The first-order chi connectivity index (χ1) is 18.2. The van der Waals surface area contributed by atoms with Gasteiger partial charge in [0.1, 0.15) is 11.3 Å². The van der Waals surface area contributed by atoms with Crippen molar-refractivity contribution >= 4 is 52.1 Å². The normalized spacial score (nSPS) is 13.0. The summed E-state index contributed by atoms with van der Waals surface area (Å²) in [4.78, 5) is 0. The number of hydrogen-bond acceptors (Lipinski definition) is 5. The van der Waals surface area contributed by atoms with E-state index in [1.807, 2.05) is 103 Å². The van der Waals surface area contributed by atoms with Gasteiger partial charge in [-0.1, -0.05) is 66.7 Å². The van der Waals surface area contributed by atoms with Crippen LogP contribution < -0.4 is 10.0 Å². The molecule has 5 nitrogen and oxygen atoms in total. The van der Waals surface area contributed by atoms with Gasteiger partial charge < -0.3 is 4.42 Å².